The van der Waals surface area contributed by atoms with E-state index in [0.29, 0.717) is 10.7 Å². The molecule has 0 saturated carbocycles. The van der Waals surface area contributed by atoms with Crippen molar-refractivity contribution in [3.63, 3.8) is 0 Å². The average molecular weight is 388 g/mol. The molecule has 0 fully saturated rings. The highest BCUT2D eigenvalue weighted by Gasteiger charge is 2.09. The highest BCUT2D eigenvalue weighted by Crippen LogP contribution is 2.33. The fourth-order valence-electron chi connectivity index (χ4n) is 1.90. The van der Waals surface area contributed by atoms with Gasteiger partial charge in [0.25, 0.3) is 5.91 Å². The molecule has 0 aliphatic carbocycles. The van der Waals surface area contributed by atoms with Gasteiger partial charge in [-0.1, -0.05) is 53.7 Å². The molecule has 6 heteroatoms. The number of carbonyl (C=O) groups is 2. The third-order valence-electron chi connectivity index (χ3n) is 3.08. The normalized spacial score (nSPS) is 11.0. The molecule has 2 aromatic rings. The lowest BCUT2D eigenvalue weighted by atomic mass is 10.3. The summed E-state index contributed by atoms with van der Waals surface area (Å²) in [6.07, 6.45) is 6.30. The van der Waals surface area contributed by atoms with E-state index in [-0.39, 0.29) is 6.61 Å². The Morgan fingerprint density at radius 1 is 1.12 bits per heavy atom. The lowest BCUT2D eigenvalue weighted by Gasteiger charge is -2.11. The number of benzene rings is 2. The third kappa shape index (κ3) is 6.78. The van der Waals surface area contributed by atoms with Crippen molar-refractivity contribution in [1.29, 1.82) is 0 Å². The van der Waals surface area contributed by atoms with Gasteiger partial charge >= 0.3 is 5.97 Å². The maximum Gasteiger partial charge on any atom is 0.331 e. The van der Waals surface area contributed by atoms with Gasteiger partial charge in [0.15, 0.2) is 6.61 Å². The lowest BCUT2D eigenvalue weighted by molar-refractivity contribution is -0.142. The van der Waals surface area contributed by atoms with Crippen molar-refractivity contribution in [1.82, 2.24) is 0 Å². The van der Waals surface area contributed by atoms with Gasteiger partial charge in [0.05, 0.1) is 5.69 Å². The quantitative estimate of drug-likeness (QED) is 0.407. The molecule has 0 bridgehead atoms. The van der Waals surface area contributed by atoms with Crippen LogP contribution in [0.2, 0.25) is 5.02 Å². The van der Waals surface area contributed by atoms with Crippen molar-refractivity contribution in [2.45, 2.75) is 16.7 Å². The van der Waals surface area contributed by atoms with Crippen molar-refractivity contribution >= 4 is 40.9 Å². The molecule has 2 aromatic carbocycles. The van der Waals surface area contributed by atoms with Crippen LogP contribution in [-0.2, 0) is 14.3 Å². The Kier molecular flexibility index (Phi) is 7.99. The molecule has 0 aromatic heterocycles. The monoisotopic (exact) mass is 387 g/mol. The Morgan fingerprint density at radius 3 is 2.58 bits per heavy atom. The minimum absolute atomic E-state index is 0.348. The number of hydrogen-bond acceptors (Lipinski definition) is 4. The van der Waals surface area contributed by atoms with E-state index in [0.717, 1.165) is 9.79 Å². The van der Waals surface area contributed by atoms with Crippen LogP contribution in [0.3, 0.4) is 0 Å². The summed E-state index contributed by atoms with van der Waals surface area (Å²) < 4.78 is 4.90. The largest absolute Gasteiger partial charge is 0.452 e. The van der Waals surface area contributed by atoms with Crippen LogP contribution < -0.4 is 5.32 Å². The van der Waals surface area contributed by atoms with Gasteiger partial charge in [-0.25, -0.2) is 4.79 Å². The van der Waals surface area contributed by atoms with Crippen LogP contribution in [0, 0.1) is 0 Å². The Hall–Kier alpha value is -2.50. The summed E-state index contributed by atoms with van der Waals surface area (Å²) in [6.45, 7) is 1.49. The van der Waals surface area contributed by atoms with Crippen LogP contribution in [0.1, 0.15) is 6.92 Å². The topological polar surface area (TPSA) is 55.4 Å². The van der Waals surface area contributed by atoms with E-state index in [9.17, 15) is 9.59 Å². The number of allylic oxidation sites excluding steroid dienone is 3. The van der Waals surface area contributed by atoms with Gasteiger partial charge in [-0.15, -0.1) is 0 Å². The molecule has 1 amide bonds. The summed E-state index contributed by atoms with van der Waals surface area (Å²) in [5, 5.41) is 3.43. The maximum atomic E-state index is 12.0. The van der Waals surface area contributed by atoms with E-state index in [1.807, 2.05) is 49.4 Å². The van der Waals surface area contributed by atoms with Crippen molar-refractivity contribution < 1.29 is 14.3 Å². The van der Waals surface area contributed by atoms with Gasteiger partial charge in [0, 0.05) is 20.9 Å². The van der Waals surface area contributed by atoms with Gasteiger partial charge in [-0.3, -0.25) is 4.79 Å². The molecular weight excluding hydrogens is 370 g/mol. The fraction of sp³-hybridized carbons (Fsp3) is 0.100. The molecule has 26 heavy (non-hydrogen) atoms. The standard InChI is InChI=1S/C20H18ClNO3S/c1-2-3-4-9-20(24)25-14-19(23)22-17-7-5-6-8-18(17)26-16-12-10-15(21)11-13-16/h2-13H,14H2,1H3,(H,22,23). The van der Waals surface area contributed by atoms with E-state index in [4.69, 9.17) is 16.3 Å². The number of anilines is 1. The number of amides is 1. The van der Waals surface area contributed by atoms with E-state index in [1.54, 1.807) is 24.3 Å². The van der Waals surface area contributed by atoms with E-state index < -0.39 is 11.9 Å². The molecule has 0 unspecified atom stereocenters. The number of halogens is 1. The van der Waals surface area contributed by atoms with Gasteiger partial charge in [0.2, 0.25) is 0 Å². The lowest BCUT2D eigenvalue weighted by Crippen LogP contribution is -2.20. The first-order valence-corrected chi connectivity index (χ1v) is 9.06. The van der Waals surface area contributed by atoms with E-state index in [2.05, 4.69) is 5.32 Å². The summed E-state index contributed by atoms with van der Waals surface area (Å²) in [5.74, 6) is -0.969. The van der Waals surface area contributed by atoms with Crippen molar-refractivity contribution in [3.05, 3.63) is 77.9 Å². The molecule has 1 N–H and O–H groups in total. The minimum atomic E-state index is -0.568. The zero-order valence-electron chi connectivity index (χ0n) is 14.1. The van der Waals surface area contributed by atoms with Gasteiger partial charge in [-0.2, -0.15) is 0 Å². The molecule has 0 heterocycles. The number of nitrogens with one attached hydrogen (secondary N) is 1. The first-order chi connectivity index (χ1) is 12.6. The van der Waals surface area contributed by atoms with Crippen LogP contribution in [-0.4, -0.2) is 18.5 Å². The second kappa shape index (κ2) is 10.5. The van der Waals surface area contributed by atoms with Crippen LogP contribution in [0.15, 0.2) is 82.6 Å². The molecule has 0 atom stereocenters. The summed E-state index contributed by atoms with van der Waals surface area (Å²) in [6, 6.07) is 14.9. The number of carbonyl (C=O) groups excluding carboxylic acids is 2. The highest BCUT2D eigenvalue weighted by atomic mass is 35.5. The number of esters is 1. The van der Waals surface area contributed by atoms with Gasteiger partial charge in [-0.05, 0) is 43.3 Å². The molecular formula is C20H18ClNO3S. The molecule has 2 rings (SSSR count). The summed E-state index contributed by atoms with van der Waals surface area (Å²) in [4.78, 5) is 25.4. The zero-order valence-corrected chi connectivity index (χ0v) is 15.7. The maximum absolute atomic E-state index is 12.0. The first kappa shape index (κ1) is 19.8. The van der Waals surface area contributed by atoms with E-state index in [1.165, 1.54) is 17.8 Å². The number of para-hydroxylation sites is 1. The second-order valence-electron chi connectivity index (χ2n) is 5.09. The molecule has 0 aliphatic heterocycles. The highest BCUT2D eigenvalue weighted by molar-refractivity contribution is 7.99. The molecule has 0 radical (unpaired) electrons. The Bertz CT molecular complexity index is 816. The third-order valence-corrected chi connectivity index (χ3v) is 4.42. The summed E-state index contributed by atoms with van der Waals surface area (Å²) in [5.41, 5.74) is 0.651. The van der Waals surface area contributed by atoms with Crippen LogP contribution >= 0.6 is 23.4 Å². The smallest absolute Gasteiger partial charge is 0.331 e. The molecule has 0 aliphatic rings. The number of ether oxygens (including phenoxy) is 1. The van der Waals surface area contributed by atoms with Crippen LogP contribution in [0.5, 0.6) is 0 Å². The Labute approximate surface area is 161 Å². The predicted molar refractivity (Wildman–Crippen MR) is 106 cm³/mol. The molecule has 4 nitrogen and oxygen atoms in total. The average Bonchev–Trinajstić information content (AvgIpc) is 2.64. The molecule has 0 spiro atoms. The number of hydrogen-bond donors (Lipinski definition) is 1. The fourth-order valence-corrected chi connectivity index (χ4v) is 2.93. The van der Waals surface area contributed by atoms with E-state index >= 15 is 0 Å². The first-order valence-electron chi connectivity index (χ1n) is 7.87. The van der Waals surface area contributed by atoms with Crippen molar-refractivity contribution in [3.8, 4) is 0 Å². The predicted octanol–water partition coefficient (Wildman–Crippen LogP) is 5.11. The SMILES string of the molecule is CC=CC=CC(=O)OCC(=O)Nc1ccccc1Sc1ccc(Cl)cc1. The molecule has 134 valence electrons. The minimum Gasteiger partial charge on any atom is -0.452 e. The van der Waals surface area contributed by atoms with Gasteiger partial charge in [0.1, 0.15) is 0 Å². The summed E-state index contributed by atoms with van der Waals surface area (Å²) in [7, 11) is 0. The van der Waals surface area contributed by atoms with Crippen LogP contribution in [0.4, 0.5) is 5.69 Å². The number of rotatable bonds is 7. The Morgan fingerprint density at radius 2 is 1.85 bits per heavy atom. The Balaban J connectivity index is 1.95. The van der Waals surface area contributed by atoms with Gasteiger partial charge < -0.3 is 10.1 Å². The zero-order chi connectivity index (χ0) is 18.8. The second-order valence-corrected chi connectivity index (χ2v) is 6.64. The molecule has 0 saturated heterocycles. The van der Waals surface area contributed by atoms with Crippen molar-refractivity contribution in [2.24, 2.45) is 0 Å². The summed E-state index contributed by atoms with van der Waals surface area (Å²) >= 11 is 7.40. The van der Waals surface area contributed by atoms with Crippen molar-refractivity contribution in [2.75, 3.05) is 11.9 Å². The van der Waals surface area contributed by atoms with Crippen LogP contribution in [0.25, 0.3) is 0 Å².